The molecule has 2 aromatic rings. The zero-order valence-corrected chi connectivity index (χ0v) is 15.6. The lowest BCUT2D eigenvalue weighted by Gasteiger charge is -2.18. The van der Waals surface area contributed by atoms with Crippen molar-refractivity contribution in [3.05, 3.63) is 24.3 Å². The van der Waals surface area contributed by atoms with Gasteiger partial charge in [0.15, 0.2) is 0 Å². The van der Waals surface area contributed by atoms with Crippen LogP contribution in [-0.4, -0.2) is 37.6 Å². The maximum absolute atomic E-state index is 12.0. The van der Waals surface area contributed by atoms with Crippen LogP contribution in [0.15, 0.2) is 24.3 Å². The van der Waals surface area contributed by atoms with E-state index in [1.54, 1.807) is 12.1 Å². The van der Waals surface area contributed by atoms with Crippen LogP contribution in [0.4, 0.5) is 5.69 Å². The van der Waals surface area contributed by atoms with E-state index in [4.69, 9.17) is 4.74 Å². The van der Waals surface area contributed by atoms with E-state index in [1.807, 2.05) is 4.72 Å². The number of phenols is 1. The molecule has 8 nitrogen and oxygen atoms in total. The summed E-state index contributed by atoms with van der Waals surface area (Å²) in [6.07, 6.45) is 0.855. The molecule has 3 rings (SSSR count). The maximum Gasteiger partial charge on any atom is 0.326 e. The standard InChI is InChI=1S/C17H21N3O5S/c1-17(2,3)6-7-25-16-5-4-11-8-14(21)13(9-12(11)18-16)20-10-15(22)19-26(20,23)24/h4-5,8-9,21H,6-7,10H2,1-3H3,(H,19,22). The van der Waals surface area contributed by atoms with Crippen molar-refractivity contribution in [2.45, 2.75) is 27.2 Å². The van der Waals surface area contributed by atoms with Crippen LogP contribution in [0, 0.1) is 5.41 Å². The van der Waals surface area contributed by atoms with Crippen LogP contribution in [0.3, 0.4) is 0 Å². The summed E-state index contributed by atoms with van der Waals surface area (Å²) >= 11 is 0. The Morgan fingerprint density at radius 2 is 2.04 bits per heavy atom. The lowest BCUT2D eigenvalue weighted by Crippen LogP contribution is -2.29. The van der Waals surface area contributed by atoms with E-state index >= 15 is 0 Å². The number of hydrogen-bond donors (Lipinski definition) is 2. The Hall–Kier alpha value is -2.55. The highest BCUT2D eigenvalue weighted by Gasteiger charge is 2.35. The van der Waals surface area contributed by atoms with Gasteiger partial charge >= 0.3 is 10.2 Å². The zero-order chi connectivity index (χ0) is 19.1. The summed E-state index contributed by atoms with van der Waals surface area (Å²) in [5, 5.41) is 10.8. The van der Waals surface area contributed by atoms with Crippen molar-refractivity contribution in [1.29, 1.82) is 0 Å². The number of rotatable bonds is 4. The molecule has 1 aromatic carbocycles. The van der Waals surface area contributed by atoms with Crippen LogP contribution < -0.4 is 13.8 Å². The monoisotopic (exact) mass is 379 g/mol. The molecular weight excluding hydrogens is 358 g/mol. The normalized spacial score (nSPS) is 16.7. The number of pyridine rings is 1. The number of aromatic hydroxyl groups is 1. The Kier molecular flexibility index (Phi) is 4.43. The van der Waals surface area contributed by atoms with Crippen LogP contribution in [0.1, 0.15) is 27.2 Å². The van der Waals surface area contributed by atoms with Gasteiger partial charge in [-0.25, -0.2) is 14.0 Å². The minimum absolute atomic E-state index is 0.00445. The van der Waals surface area contributed by atoms with E-state index in [1.165, 1.54) is 12.1 Å². The van der Waals surface area contributed by atoms with Gasteiger partial charge in [0.2, 0.25) is 5.88 Å². The molecule has 26 heavy (non-hydrogen) atoms. The molecule has 1 saturated heterocycles. The fourth-order valence-corrected chi connectivity index (χ4v) is 3.69. The quantitative estimate of drug-likeness (QED) is 0.840. The van der Waals surface area contributed by atoms with Gasteiger partial charge in [-0.1, -0.05) is 20.8 Å². The Morgan fingerprint density at radius 1 is 1.31 bits per heavy atom. The molecule has 0 radical (unpaired) electrons. The third-order valence-electron chi connectivity index (χ3n) is 3.95. The van der Waals surface area contributed by atoms with Gasteiger partial charge < -0.3 is 9.84 Å². The molecule has 1 aromatic heterocycles. The van der Waals surface area contributed by atoms with Gasteiger partial charge in [0.05, 0.1) is 17.8 Å². The van der Waals surface area contributed by atoms with Crippen LogP contribution in [-0.2, 0) is 15.0 Å². The summed E-state index contributed by atoms with van der Waals surface area (Å²) in [6, 6.07) is 6.27. The van der Waals surface area contributed by atoms with Crippen molar-refractivity contribution in [3.63, 3.8) is 0 Å². The predicted molar refractivity (Wildman–Crippen MR) is 97.4 cm³/mol. The molecule has 1 aliphatic heterocycles. The van der Waals surface area contributed by atoms with Gasteiger partial charge in [0.25, 0.3) is 5.91 Å². The van der Waals surface area contributed by atoms with E-state index < -0.39 is 16.1 Å². The Morgan fingerprint density at radius 3 is 2.65 bits per heavy atom. The average Bonchev–Trinajstić information content (AvgIpc) is 2.78. The number of fused-ring (bicyclic) bond motifs is 1. The molecule has 2 heterocycles. The van der Waals surface area contributed by atoms with Crippen molar-refractivity contribution < 1.29 is 23.1 Å². The third-order valence-corrected chi connectivity index (χ3v) is 5.34. The van der Waals surface area contributed by atoms with Crippen LogP contribution in [0.25, 0.3) is 10.9 Å². The molecule has 0 bridgehead atoms. The lowest BCUT2D eigenvalue weighted by molar-refractivity contribution is -0.117. The second kappa shape index (κ2) is 6.31. The number of nitrogens with zero attached hydrogens (tertiary/aromatic N) is 2. The molecule has 0 saturated carbocycles. The number of benzene rings is 1. The summed E-state index contributed by atoms with van der Waals surface area (Å²) < 4.78 is 32.4. The summed E-state index contributed by atoms with van der Waals surface area (Å²) in [5.74, 6) is -0.491. The molecule has 1 amide bonds. The van der Waals surface area contributed by atoms with Gasteiger partial charge in [-0.2, -0.15) is 8.42 Å². The Labute approximate surface area is 152 Å². The topological polar surface area (TPSA) is 109 Å². The molecular formula is C17H21N3O5S. The van der Waals surface area contributed by atoms with E-state index in [2.05, 4.69) is 25.8 Å². The molecule has 0 aliphatic carbocycles. The molecule has 140 valence electrons. The van der Waals surface area contributed by atoms with Gasteiger partial charge in [-0.15, -0.1) is 0 Å². The number of carbonyl (C=O) groups excluding carboxylic acids is 1. The van der Waals surface area contributed by atoms with Gasteiger partial charge in [-0.3, -0.25) is 4.79 Å². The molecule has 0 atom stereocenters. The fourth-order valence-electron chi connectivity index (χ4n) is 2.53. The molecule has 0 spiro atoms. The van der Waals surface area contributed by atoms with E-state index in [0.29, 0.717) is 23.4 Å². The number of amides is 1. The third kappa shape index (κ3) is 3.82. The number of nitrogens with one attached hydrogen (secondary N) is 1. The number of phenolic OH excluding ortho intramolecular Hbond substituents is 1. The van der Waals surface area contributed by atoms with Gasteiger partial charge in [0, 0.05) is 11.5 Å². The van der Waals surface area contributed by atoms with Gasteiger partial charge in [-0.05, 0) is 30.0 Å². The van der Waals surface area contributed by atoms with Crippen LogP contribution in [0.5, 0.6) is 11.6 Å². The molecule has 9 heteroatoms. The first-order valence-corrected chi connectivity index (χ1v) is 9.59. The molecule has 2 N–H and O–H groups in total. The summed E-state index contributed by atoms with van der Waals surface area (Å²) in [4.78, 5) is 15.8. The molecule has 1 fully saturated rings. The number of ether oxygens (including phenoxy) is 1. The highest BCUT2D eigenvalue weighted by Crippen LogP contribution is 2.34. The SMILES string of the molecule is CC(C)(C)CCOc1ccc2cc(O)c(N3CC(=O)NS3(=O)=O)cc2n1. The minimum atomic E-state index is -4.01. The first kappa shape index (κ1) is 18.2. The Bertz CT molecular complexity index is 966. The van der Waals surface area contributed by atoms with Crippen molar-refractivity contribution in [2.24, 2.45) is 5.41 Å². The van der Waals surface area contributed by atoms with E-state index in [0.717, 1.165) is 10.7 Å². The first-order chi connectivity index (χ1) is 12.0. The first-order valence-electron chi connectivity index (χ1n) is 8.15. The fraction of sp³-hybridized carbons (Fsp3) is 0.412. The number of hydrogen-bond acceptors (Lipinski definition) is 6. The Balaban J connectivity index is 1.92. The number of anilines is 1. The minimum Gasteiger partial charge on any atom is -0.506 e. The highest BCUT2D eigenvalue weighted by atomic mass is 32.2. The van der Waals surface area contributed by atoms with Crippen molar-refractivity contribution in [2.75, 3.05) is 17.5 Å². The molecule has 0 unspecified atom stereocenters. The largest absolute Gasteiger partial charge is 0.506 e. The molecule has 1 aliphatic rings. The second-order valence-electron chi connectivity index (χ2n) is 7.38. The highest BCUT2D eigenvalue weighted by molar-refractivity contribution is 7.92. The van der Waals surface area contributed by atoms with E-state index in [9.17, 15) is 18.3 Å². The maximum atomic E-state index is 12.0. The van der Waals surface area contributed by atoms with Crippen LogP contribution >= 0.6 is 0 Å². The van der Waals surface area contributed by atoms with Gasteiger partial charge in [0.1, 0.15) is 12.3 Å². The van der Waals surface area contributed by atoms with Crippen LogP contribution in [0.2, 0.25) is 0 Å². The second-order valence-corrected chi connectivity index (χ2v) is 8.97. The van der Waals surface area contributed by atoms with Crippen molar-refractivity contribution >= 4 is 32.7 Å². The number of carbonyl (C=O) groups is 1. The van der Waals surface area contributed by atoms with Crippen molar-refractivity contribution in [1.82, 2.24) is 9.71 Å². The average molecular weight is 379 g/mol. The summed E-state index contributed by atoms with van der Waals surface area (Å²) in [5.41, 5.74) is 0.593. The zero-order valence-electron chi connectivity index (χ0n) is 14.8. The predicted octanol–water partition coefficient (Wildman–Crippen LogP) is 1.94. The summed E-state index contributed by atoms with van der Waals surface area (Å²) in [6.45, 7) is 6.47. The van der Waals surface area contributed by atoms with Crippen molar-refractivity contribution in [3.8, 4) is 11.6 Å². The smallest absolute Gasteiger partial charge is 0.326 e. The van der Waals surface area contributed by atoms with E-state index in [-0.39, 0.29) is 23.4 Å². The summed E-state index contributed by atoms with van der Waals surface area (Å²) in [7, 11) is -4.01. The number of aromatic nitrogens is 1. The lowest BCUT2D eigenvalue weighted by atomic mass is 9.93.